The van der Waals surface area contributed by atoms with Gasteiger partial charge in [-0.25, -0.2) is 14.8 Å². The zero-order valence-electron chi connectivity index (χ0n) is 16.5. The monoisotopic (exact) mass is 401 g/mol. The number of anilines is 2. The zero-order valence-corrected chi connectivity index (χ0v) is 16.5. The van der Waals surface area contributed by atoms with Crippen LogP contribution < -0.4 is 5.32 Å². The van der Waals surface area contributed by atoms with Crippen LogP contribution in [0.5, 0.6) is 0 Å². The standard InChI is InChI=1S/C22H19N5O3/c1-12-3-10-16-18(25-15-8-6-14(7-9-15)22(28)29-2)17(11-23-20(16)24-12)21-26-19(27-30-21)13-4-5-13/h3,6-11,13H,4-5H2,1-2H3,(H,23,24,25). The lowest BCUT2D eigenvalue weighted by molar-refractivity contribution is 0.0601. The van der Waals surface area contributed by atoms with Gasteiger partial charge in [0.2, 0.25) is 0 Å². The molecule has 5 rings (SSSR count). The molecule has 0 spiro atoms. The van der Waals surface area contributed by atoms with Crippen molar-refractivity contribution in [2.75, 3.05) is 12.4 Å². The van der Waals surface area contributed by atoms with Crippen LogP contribution >= 0.6 is 0 Å². The number of benzene rings is 1. The first kappa shape index (κ1) is 18.2. The molecule has 1 N–H and O–H groups in total. The van der Waals surface area contributed by atoms with Gasteiger partial charge in [-0.05, 0) is 56.2 Å². The van der Waals surface area contributed by atoms with Crippen molar-refractivity contribution in [3.05, 3.63) is 59.7 Å². The Balaban J connectivity index is 1.59. The molecule has 3 aromatic heterocycles. The summed E-state index contributed by atoms with van der Waals surface area (Å²) in [5, 5.41) is 8.38. The van der Waals surface area contributed by atoms with Gasteiger partial charge in [0.25, 0.3) is 5.89 Å². The third kappa shape index (κ3) is 3.36. The third-order valence-corrected chi connectivity index (χ3v) is 5.06. The number of rotatable bonds is 5. The van der Waals surface area contributed by atoms with Gasteiger partial charge in [-0.3, -0.25) is 0 Å². The number of ether oxygens (including phenoxy) is 1. The average molecular weight is 401 g/mol. The molecule has 1 fully saturated rings. The van der Waals surface area contributed by atoms with Gasteiger partial charge < -0.3 is 14.6 Å². The maximum absolute atomic E-state index is 11.7. The molecule has 30 heavy (non-hydrogen) atoms. The highest BCUT2D eigenvalue weighted by Gasteiger charge is 2.29. The van der Waals surface area contributed by atoms with Crippen LogP contribution in [0.25, 0.3) is 22.5 Å². The SMILES string of the molecule is COC(=O)c1ccc(Nc2c(-c3nc(C4CC4)no3)cnc3nc(C)ccc23)cc1. The first-order valence-electron chi connectivity index (χ1n) is 9.68. The number of nitrogens with zero attached hydrogens (tertiary/aromatic N) is 4. The van der Waals surface area contributed by atoms with E-state index in [4.69, 9.17) is 9.26 Å². The first-order valence-corrected chi connectivity index (χ1v) is 9.68. The van der Waals surface area contributed by atoms with Gasteiger partial charge in [-0.2, -0.15) is 4.98 Å². The smallest absolute Gasteiger partial charge is 0.337 e. The molecule has 1 aromatic carbocycles. The third-order valence-electron chi connectivity index (χ3n) is 5.06. The number of carbonyl (C=O) groups is 1. The summed E-state index contributed by atoms with van der Waals surface area (Å²) in [5.41, 5.74) is 4.23. The summed E-state index contributed by atoms with van der Waals surface area (Å²) in [4.78, 5) is 25.3. The second-order valence-corrected chi connectivity index (χ2v) is 7.30. The molecule has 1 aliphatic rings. The zero-order chi connectivity index (χ0) is 20.7. The summed E-state index contributed by atoms with van der Waals surface area (Å²) in [7, 11) is 1.36. The Morgan fingerprint density at radius 1 is 1.13 bits per heavy atom. The number of esters is 1. The minimum absolute atomic E-state index is 0.380. The molecule has 0 saturated heterocycles. The lowest BCUT2D eigenvalue weighted by Crippen LogP contribution is -2.02. The van der Waals surface area contributed by atoms with Crippen LogP contribution in [0.3, 0.4) is 0 Å². The van der Waals surface area contributed by atoms with Gasteiger partial charge in [-0.15, -0.1) is 0 Å². The van der Waals surface area contributed by atoms with E-state index in [2.05, 4.69) is 25.4 Å². The molecule has 1 aliphatic carbocycles. The molecular formula is C22H19N5O3. The minimum Gasteiger partial charge on any atom is -0.465 e. The van der Waals surface area contributed by atoms with Crippen LogP contribution in [0.4, 0.5) is 11.4 Å². The lowest BCUT2D eigenvalue weighted by Gasteiger charge is -2.13. The number of methoxy groups -OCH3 is 1. The second-order valence-electron chi connectivity index (χ2n) is 7.30. The van der Waals surface area contributed by atoms with Crippen molar-refractivity contribution < 1.29 is 14.1 Å². The van der Waals surface area contributed by atoms with E-state index in [9.17, 15) is 4.79 Å². The molecule has 0 bridgehead atoms. The van der Waals surface area contributed by atoms with E-state index in [-0.39, 0.29) is 5.97 Å². The number of aryl methyl sites for hydroxylation is 1. The van der Waals surface area contributed by atoms with Crippen molar-refractivity contribution >= 4 is 28.4 Å². The number of fused-ring (bicyclic) bond motifs is 1. The summed E-state index contributed by atoms with van der Waals surface area (Å²) in [6, 6.07) is 10.9. The van der Waals surface area contributed by atoms with E-state index >= 15 is 0 Å². The number of carbonyl (C=O) groups excluding carboxylic acids is 1. The Morgan fingerprint density at radius 2 is 1.93 bits per heavy atom. The topological polar surface area (TPSA) is 103 Å². The van der Waals surface area contributed by atoms with Crippen molar-refractivity contribution in [3.8, 4) is 11.5 Å². The summed E-state index contributed by atoms with van der Waals surface area (Å²) in [6.45, 7) is 1.92. The normalized spacial score (nSPS) is 13.4. The van der Waals surface area contributed by atoms with E-state index in [1.807, 2.05) is 31.2 Å². The highest BCUT2D eigenvalue weighted by Crippen LogP contribution is 2.40. The van der Waals surface area contributed by atoms with Crippen LogP contribution in [0.1, 0.15) is 40.6 Å². The molecule has 8 nitrogen and oxygen atoms in total. The van der Waals surface area contributed by atoms with Gasteiger partial charge in [0.15, 0.2) is 11.5 Å². The largest absolute Gasteiger partial charge is 0.465 e. The van der Waals surface area contributed by atoms with E-state index in [1.54, 1.807) is 18.3 Å². The summed E-state index contributed by atoms with van der Waals surface area (Å²) in [6.07, 6.45) is 3.88. The number of hydrogen-bond donors (Lipinski definition) is 1. The first-order chi connectivity index (χ1) is 14.6. The van der Waals surface area contributed by atoms with Crippen molar-refractivity contribution in [2.24, 2.45) is 0 Å². The molecule has 0 aliphatic heterocycles. The van der Waals surface area contributed by atoms with Crippen molar-refractivity contribution in [1.82, 2.24) is 20.1 Å². The van der Waals surface area contributed by atoms with Gasteiger partial charge >= 0.3 is 5.97 Å². The maximum Gasteiger partial charge on any atom is 0.337 e. The Bertz CT molecular complexity index is 1250. The highest BCUT2D eigenvalue weighted by molar-refractivity contribution is 5.98. The van der Waals surface area contributed by atoms with Gasteiger partial charge in [-0.1, -0.05) is 5.16 Å². The fourth-order valence-electron chi connectivity index (χ4n) is 3.27. The van der Waals surface area contributed by atoms with Crippen LogP contribution in [0, 0.1) is 6.92 Å². The number of hydrogen-bond acceptors (Lipinski definition) is 8. The van der Waals surface area contributed by atoms with E-state index in [0.29, 0.717) is 28.6 Å². The molecule has 150 valence electrons. The minimum atomic E-state index is -0.380. The van der Waals surface area contributed by atoms with Crippen molar-refractivity contribution in [1.29, 1.82) is 0 Å². The molecule has 0 atom stereocenters. The Hall–Kier alpha value is -3.81. The van der Waals surface area contributed by atoms with Crippen molar-refractivity contribution in [3.63, 3.8) is 0 Å². The molecule has 3 heterocycles. The van der Waals surface area contributed by atoms with E-state index in [0.717, 1.165) is 41.1 Å². The van der Waals surface area contributed by atoms with Gasteiger partial charge in [0.1, 0.15) is 0 Å². The number of pyridine rings is 2. The number of nitrogens with one attached hydrogen (secondary N) is 1. The highest BCUT2D eigenvalue weighted by atomic mass is 16.5. The van der Waals surface area contributed by atoms with Crippen LogP contribution in [0.15, 0.2) is 47.1 Å². The predicted molar refractivity (Wildman–Crippen MR) is 111 cm³/mol. The molecule has 8 heteroatoms. The average Bonchev–Trinajstić information content (AvgIpc) is 3.51. The molecule has 1 saturated carbocycles. The second kappa shape index (κ2) is 7.22. The molecule has 0 unspecified atom stereocenters. The van der Waals surface area contributed by atoms with Gasteiger partial charge in [0.05, 0.1) is 23.9 Å². The van der Waals surface area contributed by atoms with E-state index < -0.39 is 0 Å². The van der Waals surface area contributed by atoms with Crippen LogP contribution in [-0.4, -0.2) is 33.2 Å². The fraction of sp³-hybridized carbons (Fsp3) is 0.227. The van der Waals surface area contributed by atoms with E-state index in [1.165, 1.54) is 7.11 Å². The Labute approximate surface area is 172 Å². The Kier molecular flexibility index (Phi) is 4.39. The van der Waals surface area contributed by atoms with Crippen LogP contribution in [-0.2, 0) is 4.74 Å². The molecule has 0 radical (unpaired) electrons. The number of aromatic nitrogens is 4. The maximum atomic E-state index is 11.7. The quantitative estimate of drug-likeness (QED) is 0.491. The molecule has 4 aromatic rings. The summed E-state index contributed by atoms with van der Waals surface area (Å²) >= 11 is 0. The fourth-order valence-corrected chi connectivity index (χ4v) is 3.27. The molecular weight excluding hydrogens is 382 g/mol. The predicted octanol–water partition coefficient (Wildman–Crippen LogP) is 4.40. The van der Waals surface area contributed by atoms with Crippen molar-refractivity contribution in [2.45, 2.75) is 25.7 Å². The summed E-state index contributed by atoms with van der Waals surface area (Å²) < 4.78 is 10.3. The Morgan fingerprint density at radius 3 is 2.67 bits per heavy atom. The van der Waals surface area contributed by atoms with Crippen LogP contribution in [0.2, 0.25) is 0 Å². The summed E-state index contributed by atoms with van der Waals surface area (Å²) in [5.74, 6) is 1.17. The lowest BCUT2D eigenvalue weighted by atomic mass is 10.1. The van der Waals surface area contributed by atoms with Gasteiger partial charge in [0, 0.05) is 28.9 Å². The molecule has 0 amide bonds.